The minimum Gasteiger partial charge on any atom is -0.488 e. The molecule has 2 aromatic heterocycles. The molecule has 1 saturated heterocycles. The molecule has 2 fully saturated rings. The highest BCUT2D eigenvalue weighted by Gasteiger charge is 2.36. The number of nitrogens with one attached hydrogen (secondary N) is 3. The molecule has 5 rings (SSSR count). The summed E-state index contributed by atoms with van der Waals surface area (Å²) in [5, 5.41) is 11.7. The molecule has 3 N–H and O–H groups in total. The Kier molecular flexibility index (Phi) is 7.66. The van der Waals surface area contributed by atoms with Gasteiger partial charge in [0.25, 0.3) is 0 Å². The lowest BCUT2D eigenvalue weighted by Gasteiger charge is -2.24. The summed E-state index contributed by atoms with van der Waals surface area (Å²) in [6.45, 7) is 4.82. The zero-order valence-corrected chi connectivity index (χ0v) is 23.2. The van der Waals surface area contributed by atoms with Crippen LogP contribution in [0, 0.1) is 0 Å². The van der Waals surface area contributed by atoms with Gasteiger partial charge in [0.15, 0.2) is 0 Å². The number of benzene rings is 1. The summed E-state index contributed by atoms with van der Waals surface area (Å²) in [6.07, 6.45) is 1.16. The summed E-state index contributed by atoms with van der Waals surface area (Å²) in [7, 11) is -2.41. The SMILES string of the molecule is CC(C)S(=O)(=O)c1nn(C)cc1Nc1nc(Nc2ccc(C3CCNCC3)cc2OC2CC2)ncc1C(F)(F)F. The number of alkyl halides is 3. The second-order valence-electron chi connectivity index (χ2n) is 10.4. The highest BCUT2D eigenvalue weighted by Crippen LogP contribution is 2.39. The first-order valence-electron chi connectivity index (χ1n) is 13.2. The van der Waals surface area contributed by atoms with Gasteiger partial charge in [-0.05, 0) is 76.2 Å². The molecule has 1 aliphatic carbocycles. The van der Waals surface area contributed by atoms with Gasteiger partial charge < -0.3 is 20.7 Å². The monoisotopic (exact) mass is 579 g/mol. The first kappa shape index (κ1) is 28.1. The molecule has 216 valence electrons. The Morgan fingerprint density at radius 3 is 2.48 bits per heavy atom. The molecule has 1 aromatic carbocycles. The third kappa shape index (κ3) is 6.17. The molecule has 1 saturated carbocycles. The number of aromatic nitrogens is 4. The number of rotatable bonds is 9. The largest absolute Gasteiger partial charge is 0.488 e. The number of nitrogens with zero attached hydrogens (tertiary/aromatic N) is 4. The molecular weight excluding hydrogens is 547 g/mol. The van der Waals surface area contributed by atoms with E-state index in [9.17, 15) is 21.6 Å². The zero-order chi connectivity index (χ0) is 28.7. The van der Waals surface area contributed by atoms with Gasteiger partial charge in [0, 0.05) is 19.4 Å². The Bertz CT molecular complexity index is 1480. The Hall–Kier alpha value is -3.39. The Morgan fingerprint density at radius 1 is 1.10 bits per heavy atom. The van der Waals surface area contributed by atoms with Crippen molar-refractivity contribution in [2.24, 2.45) is 7.05 Å². The van der Waals surface area contributed by atoms with E-state index < -0.39 is 32.6 Å². The van der Waals surface area contributed by atoms with Crippen LogP contribution in [0.15, 0.2) is 35.6 Å². The molecule has 3 heterocycles. The van der Waals surface area contributed by atoms with Gasteiger partial charge in [-0.2, -0.15) is 23.3 Å². The molecular formula is C26H32F3N7O3S. The number of halogens is 3. The van der Waals surface area contributed by atoms with Gasteiger partial charge in [-0.1, -0.05) is 6.07 Å². The molecule has 0 radical (unpaired) electrons. The predicted molar refractivity (Wildman–Crippen MR) is 144 cm³/mol. The van der Waals surface area contributed by atoms with Crippen molar-refractivity contribution in [2.45, 2.75) is 68.0 Å². The summed E-state index contributed by atoms with van der Waals surface area (Å²) in [5.41, 5.74) is 0.412. The zero-order valence-electron chi connectivity index (χ0n) is 22.4. The van der Waals surface area contributed by atoms with E-state index >= 15 is 0 Å². The van der Waals surface area contributed by atoms with Gasteiger partial charge in [0.1, 0.15) is 17.1 Å². The van der Waals surface area contributed by atoms with Gasteiger partial charge in [-0.25, -0.2) is 13.4 Å². The van der Waals surface area contributed by atoms with Crippen LogP contribution in [0.1, 0.15) is 56.6 Å². The number of piperidine rings is 1. The Balaban J connectivity index is 1.48. The van der Waals surface area contributed by atoms with E-state index in [1.807, 2.05) is 18.2 Å². The number of ether oxygens (including phenoxy) is 1. The van der Waals surface area contributed by atoms with Crippen molar-refractivity contribution in [1.82, 2.24) is 25.1 Å². The third-order valence-corrected chi connectivity index (χ3v) is 8.99. The topological polar surface area (TPSA) is 123 Å². The lowest BCUT2D eigenvalue weighted by molar-refractivity contribution is -0.137. The molecule has 0 spiro atoms. The predicted octanol–water partition coefficient (Wildman–Crippen LogP) is 4.91. The van der Waals surface area contributed by atoms with Crippen LogP contribution in [0.3, 0.4) is 0 Å². The van der Waals surface area contributed by atoms with Crippen molar-refractivity contribution in [2.75, 3.05) is 23.7 Å². The van der Waals surface area contributed by atoms with Crippen LogP contribution in [0.4, 0.5) is 36.3 Å². The van der Waals surface area contributed by atoms with Crippen LogP contribution in [-0.4, -0.2) is 52.6 Å². The van der Waals surface area contributed by atoms with Crippen molar-refractivity contribution in [3.8, 4) is 5.75 Å². The fourth-order valence-corrected chi connectivity index (χ4v) is 5.59. The summed E-state index contributed by atoms with van der Waals surface area (Å²) >= 11 is 0. The number of sulfone groups is 1. The van der Waals surface area contributed by atoms with Crippen molar-refractivity contribution in [3.63, 3.8) is 0 Å². The van der Waals surface area contributed by atoms with Gasteiger partial charge in [-0.3, -0.25) is 4.68 Å². The molecule has 14 heteroatoms. The maximum absolute atomic E-state index is 13.9. The van der Waals surface area contributed by atoms with E-state index in [0.717, 1.165) is 44.3 Å². The smallest absolute Gasteiger partial charge is 0.421 e. The summed E-state index contributed by atoms with van der Waals surface area (Å²) in [4.78, 5) is 8.02. The summed E-state index contributed by atoms with van der Waals surface area (Å²) in [6, 6.07) is 5.80. The van der Waals surface area contributed by atoms with E-state index in [4.69, 9.17) is 4.74 Å². The molecule has 2 aliphatic rings. The van der Waals surface area contributed by atoms with Crippen LogP contribution >= 0.6 is 0 Å². The molecule has 40 heavy (non-hydrogen) atoms. The maximum Gasteiger partial charge on any atom is 0.421 e. The van der Waals surface area contributed by atoms with Gasteiger partial charge in [-0.15, -0.1) is 0 Å². The van der Waals surface area contributed by atoms with E-state index in [1.165, 1.54) is 31.8 Å². The molecule has 0 unspecified atom stereocenters. The van der Waals surface area contributed by atoms with Gasteiger partial charge in [0.05, 0.1) is 22.7 Å². The minimum absolute atomic E-state index is 0.0986. The first-order chi connectivity index (χ1) is 18.9. The highest BCUT2D eigenvalue weighted by molar-refractivity contribution is 7.92. The van der Waals surface area contributed by atoms with E-state index in [1.54, 1.807) is 0 Å². The highest BCUT2D eigenvalue weighted by atomic mass is 32.2. The third-order valence-electron chi connectivity index (χ3n) is 6.91. The number of anilines is 4. The lowest BCUT2D eigenvalue weighted by atomic mass is 9.90. The molecule has 1 aliphatic heterocycles. The van der Waals surface area contributed by atoms with Crippen molar-refractivity contribution in [3.05, 3.63) is 41.7 Å². The van der Waals surface area contributed by atoms with Crippen LogP contribution < -0.4 is 20.7 Å². The lowest BCUT2D eigenvalue weighted by Crippen LogP contribution is -2.26. The second kappa shape index (κ2) is 10.9. The van der Waals surface area contributed by atoms with Crippen LogP contribution in [0.2, 0.25) is 0 Å². The Labute approximate surface area is 230 Å². The number of hydrogen-bond acceptors (Lipinski definition) is 9. The van der Waals surface area contributed by atoms with E-state index in [-0.39, 0.29) is 22.8 Å². The fraction of sp³-hybridized carbons (Fsp3) is 0.500. The van der Waals surface area contributed by atoms with Gasteiger partial charge >= 0.3 is 6.18 Å². The van der Waals surface area contributed by atoms with Crippen LogP contribution in [-0.2, 0) is 23.1 Å². The quantitative estimate of drug-likeness (QED) is 0.325. The molecule has 0 bridgehead atoms. The average molecular weight is 580 g/mol. The summed E-state index contributed by atoms with van der Waals surface area (Å²) < 4.78 is 74.7. The maximum atomic E-state index is 13.9. The standard InChI is InChI=1S/C26H32F3N7O3S/c1-15(2)40(37,38)24-21(14-36(3)35-24)32-23-19(26(27,28)29)13-31-25(34-23)33-20-7-4-17(16-8-10-30-11-9-16)12-22(20)39-18-5-6-18/h4,7,12-16,18,30H,5-6,8-11H2,1-3H3,(H2,31,32,33,34). The molecule has 10 nitrogen and oxygen atoms in total. The minimum atomic E-state index is -4.79. The summed E-state index contributed by atoms with van der Waals surface area (Å²) in [5.74, 6) is 0.275. The van der Waals surface area contributed by atoms with Crippen molar-refractivity contribution in [1.29, 1.82) is 0 Å². The Morgan fingerprint density at radius 2 is 1.82 bits per heavy atom. The number of aryl methyl sites for hydroxylation is 1. The average Bonchev–Trinajstić information content (AvgIpc) is 3.64. The molecule has 0 atom stereocenters. The first-order valence-corrected chi connectivity index (χ1v) is 14.7. The fourth-order valence-electron chi connectivity index (χ4n) is 4.49. The molecule has 0 amide bonds. The number of hydrogen-bond donors (Lipinski definition) is 3. The second-order valence-corrected chi connectivity index (χ2v) is 12.8. The van der Waals surface area contributed by atoms with Crippen molar-refractivity contribution >= 4 is 33.0 Å². The van der Waals surface area contributed by atoms with E-state index in [0.29, 0.717) is 23.6 Å². The van der Waals surface area contributed by atoms with Crippen molar-refractivity contribution < 1.29 is 26.3 Å². The van der Waals surface area contributed by atoms with Crippen LogP contribution in [0.5, 0.6) is 5.75 Å². The van der Waals surface area contributed by atoms with E-state index in [2.05, 4.69) is 31.0 Å². The normalized spacial score (nSPS) is 16.8. The molecule has 3 aromatic rings. The van der Waals surface area contributed by atoms with Gasteiger partial charge in [0.2, 0.25) is 20.8 Å². The van der Waals surface area contributed by atoms with Crippen LogP contribution in [0.25, 0.3) is 0 Å².